The molecule has 0 aromatic carbocycles. The Balaban J connectivity index is 2.26. The number of aryl methyl sites for hydroxylation is 1. The molecule has 0 bridgehead atoms. The van der Waals surface area contributed by atoms with Crippen LogP contribution in [0.15, 0.2) is 0 Å². The lowest BCUT2D eigenvalue weighted by Gasteiger charge is -2.13. The summed E-state index contributed by atoms with van der Waals surface area (Å²) in [4.78, 5) is 1.51. The van der Waals surface area contributed by atoms with E-state index in [1.165, 1.54) is 36.9 Å². The number of aromatic nitrogens is 4. The van der Waals surface area contributed by atoms with Crippen LogP contribution in [-0.2, 0) is 13.5 Å². The van der Waals surface area contributed by atoms with E-state index in [1.807, 2.05) is 7.05 Å². The first-order valence-electron chi connectivity index (χ1n) is 6.16. The summed E-state index contributed by atoms with van der Waals surface area (Å²) in [5, 5.41) is 15.4. The normalized spacial score (nSPS) is 12.9. The third-order valence-electron chi connectivity index (χ3n) is 2.79. The zero-order chi connectivity index (χ0) is 11.8. The quantitative estimate of drug-likeness (QED) is 0.678. The predicted octanol–water partition coefficient (Wildman–Crippen LogP) is 1.31. The van der Waals surface area contributed by atoms with Crippen LogP contribution in [0.5, 0.6) is 0 Å². The minimum Gasteiger partial charge on any atom is -0.317 e. The number of rotatable bonds is 8. The van der Waals surface area contributed by atoms with Crippen LogP contribution < -0.4 is 5.32 Å². The average molecular weight is 225 g/mol. The lowest BCUT2D eigenvalue weighted by molar-refractivity contribution is 0.476. The van der Waals surface area contributed by atoms with Crippen molar-refractivity contribution in [2.75, 3.05) is 7.05 Å². The van der Waals surface area contributed by atoms with Crippen LogP contribution in [-0.4, -0.2) is 33.3 Å². The number of hydrogen-bond donors (Lipinski definition) is 1. The van der Waals surface area contributed by atoms with Crippen LogP contribution in [0.2, 0.25) is 0 Å². The summed E-state index contributed by atoms with van der Waals surface area (Å²) < 4.78 is 0. The Hall–Kier alpha value is -0.970. The molecule has 16 heavy (non-hydrogen) atoms. The molecule has 1 rings (SSSR count). The van der Waals surface area contributed by atoms with Gasteiger partial charge in [0, 0.05) is 12.5 Å². The Morgan fingerprint density at radius 3 is 2.69 bits per heavy atom. The van der Waals surface area contributed by atoms with Crippen molar-refractivity contribution in [3.63, 3.8) is 0 Å². The van der Waals surface area contributed by atoms with Gasteiger partial charge in [0.15, 0.2) is 5.82 Å². The fourth-order valence-corrected chi connectivity index (χ4v) is 1.79. The fourth-order valence-electron chi connectivity index (χ4n) is 1.79. The van der Waals surface area contributed by atoms with E-state index in [2.05, 4.69) is 27.7 Å². The highest BCUT2D eigenvalue weighted by Gasteiger charge is 2.10. The van der Waals surface area contributed by atoms with Gasteiger partial charge in [-0.15, -0.1) is 10.2 Å². The molecule has 0 aliphatic heterocycles. The predicted molar refractivity (Wildman–Crippen MR) is 64.1 cm³/mol. The first-order chi connectivity index (χ1) is 7.76. The van der Waals surface area contributed by atoms with Crippen molar-refractivity contribution in [3.8, 4) is 0 Å². The number of nitrogens with one attached hydrogen (secondary N) is 1. The standard InChI is InChI=1S/C11H23N5/c1-4-5-6-7-8-10(12-2)9-11-13-15-16(3)14-11/h10,12H,4-9H2,1-3H3. The summed E-state index contributed by atoms with van der Waals surface area (Å²) in [7, 11) is 3.80. The number of nitrogens with zero attached hydrogens (tertiary/aromatic N) is 4. The molecule has 0 saturated carbocycles. The molecular weight excluding hydrogens is 202 g/mol. The first-order valence-corrected chi connectivity index (χ1v) is 6.16. The van der Waals surface area contributed by atoms with Gasteiger partial charge >= 0.3 is 0 Å². The Morgan fingerprint density at radius 2 is 2.12 bits per heavy atom. The van der Waals surface area contributed by atoms with Crippen molar-refractivity contribution < 1.29 is 0 Å². The molecule has 1 N–H and O–H groups in total. The smallest absolute Gasteiger partial charge is 0.176 e. The minimum atomic E-state index is 0.473. The molecule has 0 aliphatic carbocycles. The van der Waals surface area contributed by atoms with Gasteiger partial charge in [-0.2, -0.15) is 4.80 Å². The van der Waals surface area contributed by atoms with Gasteiger partial charge in [0.1, 0.15) is 0 Å². The van der Waals surface area contributed by atoms with Gasteiger partial charge in [-0.25, -0.2) is 0 Å². The van der Waals surface area contributed by atoms with E-state index < -0.39 is 0 Å². The maximum Gasteiger partial charge on any atom is 0.176 e. The van der Waals surface area contributed by atoms with Gasteiger partial charge in [-0.05, 0) is 18.7 Å². The van der Waals surface area contributed by atoms with Crippen molar-refractivity contribution in [1.29, 1.82) is 0 Å². The molecule has 0 spiro atoms. The van der Waals surface area contributed by atoms with Crippen molar-refractivity contribution in [2.45, 2.75) is 51.5 Å². The molecule has 1 unspecified atom stereocenters. The van der Waals surface area contributed by atoms with Crippen molar-refractivity contribution in [2.24, 2.45) is 7.05 Å². The second kappa shape index (κ2) is 7.33. The molecule has 1 atom stereocenters. The molecule has 1 aromatic rings. The highest BCUT2D eigenvalue weighted by Crippen LogP contribution is 2.07. The summed E-state index contributed by atoms with van der Waals surface area (Å²) >= 11 is 0. The number of unbranched alkanes of at least 4 members (excludes halogenated alkanes) is 3. The molecule has 5 nitrogen and oxygen atoms in total. The van der Waals surface area contributed by atoms with E-state index in [9.17, 15) is 0 Å². The Kier molecular flexibility index (Phi) is 6.00. The van der Waals surface area contributed by atoms with Gasteiger partial charge in [0.05, 0.1) is 7.05 Å². The van der Waals surface area contributed by atoms with E-state index in [-0.39, 0.29) is 0 Å². The number of hydrogen-bond acceptors (Lipinski definition) is 4. The molecule has 1 heterocycles. The molecule has 0 aliphatic rings. The van der Waals surface area contributed by atoms with E-state index >= 15 is 0 Å². The zero-order valence-electron chi connectivity index (χ0n) is 10.6. The number of likely N-dealkylation sites (N-methyl/N-ethyl adjacent to an activating group) is 1. The third-order valence-corrected chi connectivity index (χ3v) is 2.79. The molecule has 0 fully saturated rings. The molecule has 0 saturated heterocycles. The van der Waals surface area contributed by atoms with E-state index in [4.69, 9.17) is 0 Å². The Labute approximate surface area is 97.6 Å². The second-order valence-corrected chi connectivity index (χ2v) is 4.23. The molecule has 5 heteroatoms. The highest BCUT2D eigenvalue weighted by atomic mass is 15.6. The van der Waals surface area contributed by atoms with Crippen LogP contribution >= 0.6 is 0 Å². The van der Waals surface area contributed by atoms with E-state index in [0.717, 1.165) is 12.2 Å². The Bertz CT molecular complexity index is 284. The average Bonchev–Trinajstić information content (AvgIpc) is 2.68. The largest absolute Gasteiger partial charge is 0.317 e. The lowest BCUT2D eigenvalue weighted by atomic mass is 10.0. The SMILES string of the molecule is CCCCCCC(Cc1nnn(C)n1)NC. The molecular formula is C11H23N5. The van der Waals surface area contributed by atoms with Gasteiger partial charge in [0.2, 0.25) is 0 Å². The third kappa shape index (κ3) is 4.70. The van der Waals surface area contributed by atoms with Crippen molar-refractivity contribution >= 4 is 0 Å². The van der Waals surface area contributed by atoms with Crippen molar-refractivity contribution in [3.05, 3.63) is 5.82 Å². The molecule has 1 aromatic heterocycles. The van der Waals surface area contributed by atoms with Gasteiger partial charge in [-0.3, -0.25) is 0 Å². The first kappa shape index (κ1) is 13.1. The summed E-state index contributed by atoms with van der Waals surface area (Å²) in [5.41, 5.74) is 0. The maximum atomic E-state index is 4.20. The lowest BCUT2D eigenvalue weighted by Crippen LogP contribution is -2.28. The topological polar surface area (TPSA) is 55.6 Å². The van der Waals surface area contributed by atoms with Crippen LogP contribution in [0, 0.1) is 0 Å². The van der Waals surface area contributed by atoms with Gasteiger partial charge < -0.3 is 5.32 Å². The molecule has 92 valence electrons. The summed E-state index contributed by atoms with van der Waals surface area (Å²) in [6.07, 6.45) is 7.28. The van der Waals surface area contributed by atoms with E-state index in [0.29, 0.717) is 6.04 Å². The van der Waals surface area contributed by atoms with E-state index in [1.54, 1.807) is 7.05 Å². The monoisotopic (exact) mass is 225 g/mol. The number of tetrazole rings is 1. The van der Waals surface area contributed by atoms with Crippen LogP contribution in [0.3, 0.4) is 0 Å². The van der Waals surface area contributed by atoms with Crippen LogP contribution in [0.4, 0.5) is 0 Å². The second-order valence-electron chi connectivity index (χ2n) is 4.23. The summed E-state index contributed by atoms with van der Waals surface area (Å²) in [6.45, 7) is 2.24. The Morgan fingerprint density at radius 1 is 1.31 bits per heavy atom. The minimum absolute atomic E-state index is 0.473. The van der Waals surface area contributed by atoms with Crippen LogP contribution in [0.25, 0.3) is 0 Å². The molecule has 0 amide bonds. The van der Waals surface area contributed by atoms with Crippen molar-refractivity contribution in [1.82, 2.24) is 25.5 Å². The summed E-state index contributed by atoms with van der Waals surface area (Å²) in [6, 6.07) is 0.473. The van der Waals surface area contributed by atoms with Gasteiger partial charge in [-0.1, -0.05) is 32.6 Å². The fraction of sp³-hybridized carbons (Fsp3) is 0.909. The summed E-state index contributed by atoms with van der Waals surface area (Å²) in [5.74, 6) is 0.831. The zero-order valence-corrected chi connectivity index (χ0v) is 10.6. The highest BCUT2D eigenvalue weighted by molar-refractivity contribution is 4.83. The maximum absolute atomic E-state index is 4.20. The van der Waals surface area contributed by atoms with Crippen LogP contribution in [0.1, 0.15) is 44.9 Å². The van der Waals surface area contributed by atoms with Gasteiger partial charge in [0.25, 0.3) is 0 Å². The molecule has 0 radical (unpaired) electrons.